The first-order valence-corrected chi connectivity index (χ1v) is 9.99. The molecule has 26 heavy (non-hydrogen) atoms. The second kappa shape index (κ2) is 7.76. The number of thiazole rings is 1. The van der Waals surface area contributed by atoms with Crippen molar-refractivity contribution in [2.45, 2.75) is 44.1 Å². The van der Waals surface area contributed by atoms with Crippen LogP contribution in [0, 0.1) is 0 Å². The Morgan fingerprint density at radius 1 is 1.31 bits per heavy atom. The largest absolute Gasteiger partial charge is 0.489 e. The molecule has 138 valence electrons. The van der Waals surface area contributed by atoms with Crippen molar-refractivity contribution in [3.8, 4) is 16.3 Å². The number of methoxy groups -OCH3 is 1. The normalized spacial score (nSPS) is 20.0. The van der Waals surface area contributed by atoms with Crippen LogP contribution in [-0.2, 0) is 9.47 Å². The molecule has 1 aromatic carbocycles. The van der Waals surface area contributed by atoms with Gasteiger partial charge in [-0.2, -0.15) is 0 Å². The van der Waals surface area contributed by atoms with Crippen molar-refractivity contribution in [2.24, 2.45) is 0 Å². The molecule has 2 aliphatic rings. The Hall–Kier alpha value is -1.92. The van der Waals surface area contributed by atoms with E-state index in [2.05, 4.69) is 4.98 Å². The number of para-hydroxylation sites is 1. The summed E-state index contributed by atoms with van der Waals surface area (Å²) in [6.45, 7) is 1.21. The smallest absolute Gasteiger partial charge is 0.341 e. The van der Waals surface area contributed by atoms with Crippen molar-refractivity contribution in [2.75, 3.05) is 20.3 Å². The summed E-state index contributed by atoms with van der Waals surface area (Å²) in [6, 6.07) is 5.55. The number of hydrogen-bond donors (Lipinski definition) is 0. The van der Waals surface area contributed by atoms with E-state index in [1.54, 1.807) is 17.4 Å². The van der Waals surface area contributed by atoms with Crippen molar-refractivity contribution < 1.29 is 19.0 Å². The molecule has 5 nitrogen and oxygen atoms in total. The summed E-state index contributed by atoms with van der Waals surface area (Å²) < 4.78 is 16.7. The lowest BCUT2D eigenvalue weighted by Gasteiger charge is -2.23. The van der Waals surface area contributed by atoms with E-state index in [1.165, 1.54) is 31.2 Å². The summed E-state index contributed by atoms with van der Waals surface area (Å²) in [7, 11) is 1.39. The molecule has 1 saturated carbocycles. The Balaban J connectivity index is 1.65. The minimum absolute atomic E-state index is 0.0791. The lowest BCUT2D eigenvalue weighted by Crippen LogP contribution is -2.18. The first-order valence-electron chi connectivity index (χ1n) is 9.18. The minimum Gasteiger partial charge on any atom is -0.489 e. The molecule has 4 rings (SSSR count). The molecule has 0 N–H and O–H groups in total. The summed E-state index contributed by atoms with van der Waals surface area (Å²) in [6.07, 6.45) is 7.87. The van der Waals surface area contributed by atoms with Gasteiger partial charge in [0.15, 0.2) is 0 Å². The van der Waals surface area contributed by atoms with Gasteiger partial charge in [0, 0.05) is 17.7 Å². The van der Waals surface area contributed by atoms with Crippen molar-refractivity contribution in [3.63, 3.8) is 0 Å². The van der Waals surface area contributed by atoms with Gasteiger partial charge in [-0.15, -0.1) is 11.3 Å². The molecule has 0 spiro atoms. The van der Waals surface area contributed by atoms with Crippen molar-refractivity contribution >= 4 is 17.3 Å². The summed E-state index contributed by atoms with van der Waals surface area (Å²) in [4.78, 5) is 18.2. The molecule has 0 bridgehead atoms. The Bertz CT molecular complexity index is 778. The Kier molecular flexibility index (Phi) is 5.22. The zero-order valence-electron chi connectivity index (χ0n) is 14.9. The van der Waals surface area contributed by atoms with Gasteiger partial charge in [0.1, 0.15) is 22.9 Å². The molecule has 2 fully saturated rings. The van der Waals surface area contributed by atoms with Gasteiger partial charge in [-0.3, -0.25) is 0 Å². The van der Waals surface area contributed by atoms with Crippen LogP contribution >= 0.6 is 11.3 Å². The zero-order valence-corrected chi connectivity index (χ0v) is 15.7. The van der Waals surface area contributed by atoms with E-state index in [-0.39, 0.29) is 6.10 Å². The predicted molar refractivity (Wildman–Crippen MR) is 100.0 cm³/mol. The van der Waals surface area contributed by atoms with Crippen LogP contribution in [0.2, 0.25) is 0 Å². The second-order valence-corrected chi connectivity index (χ2v) is 7.88. The molecule has 1 atom stereocenters. The fourth-order valence-electron chi connectivity index (χ4n) is 3.38. The van der Waals surface area contributed by atoms with Gasteiger partial charge < -0.3 is 14.2 Å². The van der Waals surface area contributed by atoms with Gasteiger partial charge in [-0.05, 0) is 43.7 Å². The average molecular weight is 373 g/mol. The third-order valence-corrected chi connectivity index (χ3v) is 6.31. The maximum atomic E-state index is 12.2. The number of ether oxygens (including phenoxy) is 3. The molecule has 2 heterocycles. The number of rotatable bonds is 6. The van der Waals surface area contributed by atoms with Crippen LogP contribution in [0.15, 0.2) is 24.4 Å². The van der Waals surface area contributed by atoms with Gasteiger partial charge in [-0.1, -0.05) is 12.5 Å². The van der Waals surface area contributed by atoms with E-state index in [1.807, 2.05) is 18.3 Å². The third kappa shape index (κ3) is 3.48. The topological polar surface area (TPSA) is 57.7 Å². The Morgan fingerprint density at radius 3 is 2.88 bits per heavy atom. The maximum Gasteiger partial charge on any atom is 0.341 e. The highest BCUT2D eigenvalue weighted by molar-refractivity contribution is 7.15. The summed E-state index contributed by atoms with van der Waals surface area (Å²) in [5.74, 6) is 0.788. The van der Waals surface area contributed by atoms with Gasteiger partial charge in [0.05, 0.1) is 18.8 Å². The van der Waals surface area contributed by atoms with Crippen molar-refractivity contribution in [1.29, 1.82) is 0 Å². The van der Waals surface area contributed by atoms with Gasteiger partial charge >= 0.3 is 5.97 Å². The quantitative estimate of drug-likeness (QED) is 0.702. The fraction of sp³-hybridized carbons (Fsp3) is 0.500. The highest BCUT2D eigenvalue weighted by atomic mass is 32.1. The zero-order chi connectivity index (χ0) is 17.9. The van der Waals surface area contributed by atoms with Crippen molar-refractivity contribution in [1.82, 2.24) is 4.98 Å². The van der Waals surface area contributed by atoms with E-state index in [9.17, 15) is 4.79 Å². The van der Waals surface area contributed by atoms with E-state index >= 15 is 0 Å². The van der Waals surface area contributed by atoms with E-state index in [0.29, 0.717) is 23.8 Å². The number of esters is 1. The van der Waals surface area contributed by atoms with Crippen LogP contribution in [0.4, 0.5) is 0 Å². The fourth-order valence-corrected chi connectivity index (χ4v) is 4.48. The monoisotopic (exact) mass is 373 g/mol. The molecular formula is C20H23NO4S. The predicted octanol–water partition coefficient (Wildman–Crippen LogP) is 4.42. The molecule has 1 aromatic heterocycles. The highest BCUT2D eigenvalue weighted by Gasteiger charge is 2.25. The third-order valence-electron chi connectivity index (χ3n) is 5.12. The molecule has 6 heteroatoms. The summed E-state index contributed by atoms with van der Waals surface area (Å²) >= 11 is 1.70. The molecule has 2 aromatic rings. The summed E-state index contributed by atoms with van der Waals surface area (Å²) in [5, 5.41) is 0.889. The number of benzene rings is 1. The van der Waals surface area contributed by atoms with Crippen LogP contribution in [0.3, 0.4) is 0 Å². The molecule has 0 radical (unpaired) electrons. The molecular weight excluding hydrogens is 350 g/mol. The lowest BCUT2D eigenvalue weighted by atomic mass is 9.85. The molecule has 0 amide bonds. The first-order chi connectivity index (χ1) is 12.8. The number of aromatic nitrogens is 1. The van der Waals surface area contributed by atoms with Crippen LogP contribution in [-0.4, -0.2) is 37.4 Å². The van der Waals surface area contributed by atoms with Gasteiger partial charge in [0.25, 0.3) is 0 Å². The SMILES string of the molecule is COC(=O)c1cccc(-c2ncc(C3CCC3)s2)c1OC[C@H]1CCCO1. The second-order valence-electron chi connectivity index (χ2n) is 6.82. The van der Waals surface area contributed by atoms with E-state index < -0.39 is 5.97 Å². The maximum absolute atomic E-state index is 12.2. The van der Waals surface area contributed by atoms with Crippen LogP contribution in [0.5, 0.6) is 5.75 Å². The number of nitrogens with zero attached hydrogens (tertiary/aromatic N) is 1. The molecule has 1 saturated heterocycles. The molecule has 1 aliphatic carbocycles. The van der Waals surface area contributed by atoms with E-state index in [0.717, 1.165) is 30.0 Å². The number of carbonyl (C=O) groups excluding carboxylic acids is 1. The van der Waals surface area contributed by atoms with Crippen LogP contribution in [0.25, 0.3) is 10.6 Å². The van der Waals surface area contributed by atoms with Crippen LogP contribution in [0.1, 0.15) is 53.3 Å². The standard InChI is InChI=1S/C20H23NO4S/c1-23-20(22)16-9-3-8-15(18(16)25-12-14-7-4-10-24-14)19-21-11-17(26-19)13-5-2-6-13/h3,8-9,11,13-14H,2,4-7,10,12H2,1H3/t14-/m1/s1. The average Bonchev–Trinajstić information content (AvgIpc) is 3.29. The van der Waals surface area contributed by atoms with Gasteiger partial charge in [0.2, 0.25) is 0 Å². The molecule has 1 aliphatic heterocycles. The Labute approximate surface area is 157 Å². The first kappa shape index (κ1) is 17.5. The van der Waals surface area contributed by atoms with Crippen molar-refractivity contribution in [3.05, 3.63) is 34.8 Å². The molecule has 0 unspecified atom stereocenters. The minimum atomic E-state index is -0.398. The lowest BCUT2D eigenvalue weighted by molar-refractivity contribution is 0.0569. The number of carbonyl (C=O) groups is 1. The highest BCUT2D eigenvalue weighted by Crippen LogP contribution is 2.43. The van der Waals surface area contributed by atoms with E-state index in [4.69, 9.17) is 14.2 Å². The Morgan fingerprint density at radius 2 is 2.19 bits per heavy atom. The summed E-state index contributed by atoms with van der Waals surface area (Å²) in [5.41, 5.74) is 1.28. The number of hydrogen-bond acceptors (Lipinski definition) is 6. The van der Waals surface area contributed by atoms with Gasteiger partial charge in [-0.25, -0.2) is 9.78 Å². The van der Waals surface area contributed by atoms with Crippen LogP contribution < -0.4 is 4.74 Å².